The highest BCUT2D eigenvalue weighted by molar-refractivity contribution is 5.94. The molecule has 2 aromatic carbocycles. The molecule has 0 spiro atoms. The monoisotopic (exact) mass is 393 g/mol. The molecule has 0 aliphatic carbocycles. The van der Waals surface area contributed by atoms with Crippen molar-refractivity contribution in [3.05, 3.63) is 70.8 Å². The lowest BCUT2D eigenvalue weighted by Gasteiger charge is -2.26. The van der Waals surface area contributed by atoms with E-state index in [0.717, 1.165) is 31.7 Å². The van der Waals surface area contributed by atoms with E-state index in [1.54, 1.807) is 0 Å². The molecule has 0 aromatic heterocycles. The van der Waals surface area contributed by atoms with Crippen molar-refractivity contribution in [2.24, 2.45) is 0 Å². The Kier molecular flexibility index (Phi) is 8.26. The topological polar surface area (TPSA) is 35.6 Å². The summed E-state index contributed by atoms with van der Waals surface area (Å²) in [6.07, 6.45) is 3.96. The molecule has 1 saturated heterocycles. The Bertz CT molecular complexity index is 762. The minimum atomic E-state index is -0.00725. The van der Waals surface area contributed by atoms with Crippen LogP contribution in [0.2, 0.25) is 0 Å². The second-order valence-electron chi connectivity index (χ2n) is 7.95. The van der Waals surface area contributed by atoms with E-state index in [2.05, 4.69) is 59.3 Å². The van der Waals surface area contributed by atoms with Gasteiger partial charge in [0.1, 0.15) is 0 Å². The number of benzene rings is 2. The van der Waals surface area contributed by atoms with Gasteiger partial charge in [-0.25, -0.2) is 0 Å². The van der Waals surface area contributed by atoms with Crippen LogP contribution in [0.15, 0.2) is 48.5 Å². The van der Waals surface area contributed by atoms with E-state index in [-0.39, 0.29) is 5.91 Å². The first-order chi connectivity index (χ1) is 14.2. The van der Waals surface area contributed by atoms with Gasteiger partial charge >= 0.3 is 0 Å². The van der Waals surface area contributed by atoms with Gasteiger partial charge in [-0.3, -0.25) is 14.6 Å². The molecule has 4 nitrogen and oxygen atoms in total. The first-order valence-corrected chi connectivity index (χ1v) is 11.1. The predicted molar refractivity (Wildman–Crippen MR) is 120 cm³/mol. The highest BCUT2D eigenvalue weighted by atomic mass is 16.1. The second-order valence-corrected chi connectivity index (χ2v) is 7.95. The molecule has 2 aromatic rings. The zero-order valence-corrected chi connectivity index (χ0v) is 18.0. The van der Waals surface area contributed by atoms with Gasteiger partial charge < -0.3 is 5.32 Å². The fourth-order valence-electron chi connectivity index (χ4n) is 3.99. The zero-order chi connectivity index (χ0) is 20.5. The number of nitrogens with one attached hydrogen (secondary N) is 1. The maximum atomic E-state index is 12.6. The zero-order valence-electron chi connectivity index (χ0n) is 18.0. The minimum Gasteiger partial charge on any atom is -0.348 e. The van der Waals surface area contributed by atoms with Crippen LogP contribution >= 0.6 is 0 Å². The molecule has 1 aliphatic rings. The molecule has 29 heavy (non-hydrogen) atoms. The molecule has 0 unspecified atom stereocenters. The van der Waals surface area contributed by atoms with E-state index in [1.807, 2.05) is 18.2 Å². The van der Waals surface area contributed by atoms with Gasteiger partial charge in [-0.1, -0.05) is 56.7 Å². The highest BCUT2D eigenvalue weighted by Gasteiger charge is 2.12. The second kappa shape index (κ2) is 11.1. The van der Waals surface area contributed by atoms with Crippen LogP contribution in [0, 0.1) is 0 Å². The molecular weight excluding hydrogens is 358 g/mol. The van der Waals surface area contributed by atoms with E-state index in [1.165, 1.54) is 49.0 Å². The molecule has 0 saturated carbocycles. The van der Waals surface area contributed by atoms with Gasteiger partial charge in [0, 0.05) is 25.2 Å². The molecule has 0 bridgehead atoms. The summed E-state index contributed by atoms with van der Waals surface area (Å²) in [6.45, 7) is 11.3. The third-order valence-electron chi connectivity index (χ3n) is 5.92. The van der Waals surface area contributed by atoms with E-state index < -0.39 is 0 Å². The molecule has 1 heterocycles. The summed E-state index contributed by atoms with van der Waals surface area (Å²) < 4.78 is 0. The molecular formula is C25H35N3O. The summed E-state index contributed by atoms with van der Waals surface area (Å²) in [5, 5.41) is 3.10. The third-order valence-corrected chi connectivity index (χ3v) is 5.92. The van der Waals surface area contributed by atoms with E-state index in [4.69, 9.17) is 0 Å². The van der Waals surface area contributed by atoms with Crippen LogP contribution in [0.4, 0.5) is 0 Å². The maximum Gasteiger partial charge on any atom is 0.251 e. The number of hydrogen-bond donors (Lipinski definition) is 1. The quantitative estimate of drug-likeness (QED) is 0.684. The van der Waals surface area contributed by atoms with Crippen molar-refractivity contribution in [1.29, 1.82) is 0 Å². The van der Waals surface area contributed by atoms with E-state index in [0.29, 0.717) is 6.54 Å². The number of rotatable bonds is 9. The number of amides is 1. The number of piperidine rings is 1. The van der Waals surface area contributed by atoms with Gasteiger partial charge in [-0.15, -0.1) is 0 Å². The fraction of sp³-hybridized carbons (Fsp3) is 0.480. The molecule has 3 rings (SSSR count). The van der Waals surface area contributed by atoms with E-state index >= 15 is 0 Å². The van der Waals surface area contributed by atoms with Crippen LogP contribution in [0.1, 0.15) is 60.2 Å². The van der Waals surface area contributed by atoms with Crippen molar-refractivity contribution in [3.63, 3.8) is 0 Å². The summed E-state index contributed by atoms with van der Waals surface area (Å²) in [4.78, 5) is 17.5. The normalized spacial score (nSPS) is 14.9. The largest absolute Gasteiger partial charge is 0.348 e. The van der Waals surface area contributed by atoms with Gasteiger partial charge in [0.2, 0.25) is 0 Å². The van der Waals surface area contributed by atoms with Crippen molar-refractivity contribution >= 4 is 5.91 Å². The smallest absolute Gasteiger partial charge is 0.251 e. The van der Waals surface area contributed by atoms with Crippen LogP contribution in [0.3, 0.4) is 0 Å². The van der Waals surface area contributed by atoms with Crippen LogP contribution in [-0.4, -0.2) is 41.9 Å². The SMILES string of the molecule is CCN(CC)Cc1ccccc1CNC(=O)c1ccc(CN2CCCCC2)cc1. The number of hydrogen-bond acceptors (Lipinski definition) is 3. The molecule has 156 valence electrons. The molecule has 4 heteroatoms. The molecule has 1 N–H and O–H groups in total. The Hall–Kier alpha value is -2.17. The molecule has 1 fully saturated rings. The lowest BCUT2D eigenvalue weighted by molar-refractivity contribution is 0.0950. The summed E-state index contributed by atoms with van der Waals surface area (Å²) in [7, 11) is 0. The van der Waals surface area contributed by atoms with Crippen molar-refractivity contribution in [1.82, 2.24) is 15.1 Å². The molecule has 0 radical (unpaired) electrons. The summed E-state index contributed by atoms with van der Waals surface area (Å²) in [5.74, 6) is -0.00725. The van der Waals surface area contributed by atoms with Crippen LogP contribution in [-0.2, 0) is 19.6 Å². The number of nitrogens with zero attached hydrogens (tertiary/aromatic N) is 2. The minimum absolute atomic E-state index is 0.00725. The first-order valence-electron chi connectivity index (χ1n) is 11.1. The molecule has 1 aliphatic heterocycles. The standard InChI is InChI=1S/C25H35N3O/c1-3-27(4-2)20-24-11-7-6-10-23(24)18-26-25(29)22-14-12-21(13-15-22)19-28-16-8-5-9-17-28/h6-7,10-15H,3-5,8-9,16-20H2,1-2H3,(H,26,29). The lowest BCUT2D eigenvalue weighted by Crippen LogP contribution is -2.29. The van der Waals surface area contributed by atoms with Crippen LogP contribution in [0.25, 0.3) is 0 Å². The van der Waals surface area contributed by atoms with Crippen molar-refractivity contribution < 1.29 is 4.79 Å². The average molecular weight is 394 g/mol. The van der Waals surface area contributed by atoms with Gasteiger partial charge in [0.25, 0.3) is 5.91 Å². The third kappa shape index (κ3) is 6.41. The Balaban J connectivity index is 1.55. The van der Waals surface area contributed by atoms with Crippen LogP contribution < -0.4 is 5.32 Å². The Labute approximate surface area is 175 Å². The summed E-state index contributed by atoms with van der Waals surface area (Å²) in [6, 6.07) is 16.5. The number of carbonyl (C=O) groups is 1. The Morgan fingerprint density at radius 3 is 2.24 bits per heavy atom. The molecule has 1 amide bonds. The number of likely N-dealkylation sites (tertiary alicyclic amines) is 1. The predicted octanol–water partition coefficient (Wildman–Crippen LogP) is 4.44. The van der Waals surface area contributed by atoms with Crippen molar-refractivity contribution in [2.75, 3.05) is 26.2 Å². The van der Waals surface area contributed by atoms with Gasteiger partial charge in [0.15, 0.2) is 0 Å². The van der Waals surface area contributed by atoms with Gasteiger partial charge in [0.05, 0.1) is 0 Å². The highest BCUT2D eigenvalue weighted by Crippen LogP contribution is 2.15. The van der Waals surface area contributed by atoms with Gasteiger partial charge in [-0.2, -0.15) is 0 Å². The summed E-state index contributed by atoms with van der Waals surface area (Å²) in [5.41, 5.74) is 4.49. The van der Waals surface area contributed by atoms with Crippen LogP contribution in [0.5, 0.6) is 0 Å². The summed E-state index contributed by atoms with van der Waals surface area (Å²) >= 11 is 0. The fourth-order valence-corrected chi connectivity index (χ4v) is 3.99. The van der Waals surface area contributed by atoms with Crippen molar-refractivity contribution in [3.8, 4) is 0 Å². The van der Waals surface area contributed by atoms with E-state index in [9.17, 15) is 4.79 Å². The van der Waals surface area contributed by atoms with Crippen molar-refractivity contribution in [2.45, 2.75) is 52.7 Å². The molecule has 0 atom stereocenters. The maximum absolute atomic E-state index is 12.6. The average Bonchev–Trinajstić information content (AvgIpc) is 2.77. The first kappa shape index (κ1) is 21.5. The Morgan fingerprint density at radius 2 is 1.59 bits per heavy atom. The van der Waals surface area contributed by atoms with Gasteiger partial charge in [-0.05, 0) is 67.8 Å². The lowest BCUT2D eigenvalue weighted by atomic mass is 10.1. The number of carbonyl (C=O) groups excluding carboxylic acids is 1. The Morgan fingerprint density at radius 1 is 0.931 bits per heavy atom.